The third-order valence-electron chi connectivity index (χ3n) is 1.77. The molecule has 0 spiro atoms. The molecule has 0 aliphatic heterocycles. The number of halogens is 2. The molecule has 4 N–H and O–H groups in total. The predicted octanol–water partition coefficient (Wildman–Crippen LogP) is 1.07. The van der Waals surface area contributed by atoms with Gasteiger partial charge >= 0.3 is 0 Å². The molecule has 0 aliphatic carbocycles. The summed E-state index contributed by atoms with van der Waals surface area (Å²) in [5.74, 6) is 0.187. The number of aromatic nitrogens is 1. The number of alkyl halides is 2. The summed E-state index contributed by atoms with van der Waals surface area (Å²) in [5, 5.41) is 0. The van der Waals surface area contributed by atoms with Gasteiger partial charge in [0.25, 0.3) is 6.43 Å². The molecule has 0 aromatic carbocycles. The zero-order valence-corrected chi connectivity index (χ0v) is 7.63. The number of nitrogen functional groups attached to an aromatic ring is 1. The van der Waals surface area contributed by atoms with Crippen molar-refractivity contribution in [3.8, 4) is 5.88 Å². The first-order valence-corrected chi connectivity index (χ1v) is 3.91. The minimum atomic E-state index is -2.67. The van der Waals surface area contributed by atoms with Crippen molar-refractivity contribution in [2.24, 2.45) is 5.73 Å². The van der Waals surface area contributed by atoms with Crippen molar-refractivity contribution in [3.63, 3.8) is 0 Å². The van der Waals surface area contributed by atoms with Gasteiger partial charge in [0, 0.05) is 18.3 Å². The van der Waals surface area contributed by atoms with Gasteiger partial charge in [0.2, 0.25) is 5.88 Å². The van der Waals surface area contributed by atoms with Gasteiger partial charge in [-0.2, -0.15) is 0 Å². The largest absolute Gasteiger partial charge is 0.481 e. The van der Waals surface area contributed by atoms with Crippen molar-refractivity contribution in [3.05, 3.63) is 17.3 Å². The van der Waals surface area contributed by atoms with Crippen LogP contribution in [0.5, 0.6) is 5.88 Å². The number of hydrogen-bond donors (Lipinski definition) is 2. The van der Waals surface area contributed by atoms with Crippen LogP contribution in [-0.4, -0.2) is 12.1 Å². The van der Waals surface area contributed by atoms with Gasteiger partial charge in [-0.15, -0.1) is 0 Å². The molecule has 0 fully saturated rings. The second kappa shape index (κ2) is 4.19. The first-order valence-electron chi connectivity index (χ1n) is 3.91. The number of nitrogens with zero attached hydrogens (tertiary/aromatic N) is 1. The van der Waals surface area contributed by atoms with Gasteiger partial charge in [-0.05, 0) is 0 Å². The Bertz CT molecular complexity index is 331. The topological polar surface area (TPSA) is 74.2 Å². The molecule has 78 valence electrons. The first-order chi connectivity index (χ1) is 6.60. The minimum absolute atomic E-state index is 0.0488. The molecule has 0 radical (unpaired) electrons. The second-order valence-electron chi connectivity index (χ2n) is 2.62. The molecule has 14 heavy (non-hydrogen) atoms. The van der Waals surface area contributed by atoms with E-state index in [1.807, 2.05) is 0 Å². The van der Waals surface area contributed by atoms with Crippen molar-refractivity contribution in [1.82, 2.24) is 4.98 Å². The van der Waals surface area contributed by atoms with Crippen LogP contribution in [0.15, 0.2) is 6.07 Å². The van der Waals surface area contributed by atoms with Gasteiger partial charge in [-0.3, -0.25) is 0 Å². The first kappa shape index (κ1) is 10.6. The number of ether oxygens (including phenoxy) is 1. The van der Waals surface area contributed by atoms with Crippen molar-refractivity contribution >= 4 is 5.69 Å². The van der Waals surface area contributed by atoms with Crippen LogP contribution in [-0.2, 0) is 6.54 Å². The molecule has 1 rings (SSSR count). The molecule has 6 heteroatoms. The van der Waals surface area contributed by atoms with E-state index >= 15 is 0 Å². The Balaban J connectivity index is 3.27. The molecule has 0 saturated carbocycles. The van der Waals surface area contributed by atoms with E-state index in [1.54, 1.807) is 0 Å². The van der Waals surface area contributed by atoms with Crippen molar-refractivity contribution in [1.29, 1.82) is 0 Å². The van der Waals surface area contributed by atoms with Crippen LogP contribution >= 0.6 is 0 Å². The van der Waals surface area contributed by atoms with Gasteiger partial charge in [-0.1, -0.05) is 0 Å². The van der Waals surface area contributed by atoms with E-state index in [-0.39, 0.29) is 29.4 Å². The fourth-order valence-electron chi connectivity index (χ4n) is 1.12. The van der Waals surface area contributed by atoms with Crippen LogP contribution in [0.2, 0.25) is 0 Å². The second-order valence-corrected chi connectivity index (χ2v) is 2.62. The van der Waals surface area contributed by atoms with Crippen LogP contribution in [0.3, 0.4) is 0 Å². The molecule has 1 aromatic rings. The van der Waals surface area contributed by atoms with E-state index in [0.29, 0.717) is 0 Å². The summed E-state index contributed by atoms with van der Waals surface area (Å²) in [5.41, 5.74) is 10.4. The standard InChI is InChI=1S/C8H11F2N3O/c1-14-6-2-4(12)7(8(9)10)5(3-11)13-6/h2,8H,3,11H2,1H3,(H2,12,13). The third kappa shape index (κ3) is 1.90. The van der Waals surface area contributed by atoms with E-state index < -0.39 is 6.43 Å². The normalized spacial score (nSPS) is 10.6. The molecule has 0 aliphatic rings. The molecular weight excluding hydrogens is 192 g/mol. The molecule has 4 nitrogen and oxygen atoms in total. The number of methoxy groups -OCH3 is 1. The Morgan fingerprint density at radius 3 is 2.64 bits per heavy atom. The summed E-state index contributed by atoms with van der Waals surface area (Å²) in [4.78, 5) is 3.78. The van der Waals surface area contributed by atoms with Gasteiger partial charge in [-0.25, -0.2) is 13.8 Å². The number of nitrogens with two attached hydrogens (primary N) is 2. The van der Waals surface area contributed by atoms with E-state index in [1.165, 1.54) is 13.2 Å². The average molecular weight is 203 g/mol. The number of hydrogen-bond acceptors (Lipinski definition) is 4. The van der Waals surface area contributed by atoms with Crippen LogP contribution in [0.4, 0.5) is 14.5 Å². The summed E-state index contributed by atoms with van der Waals surface area (Å²) < 4.78 is 29.8. The predicted molar refractivity (Wildman–Crippen MR) is 48.0 cm³/mol. The lowest BCUT2D eigenvalue weighted by atomic mass is 10.1. The maximum absolute atomic E-state index is 12.5. The number of anilines is 1. The van der Waals surface area contributed by atoms with Crippen molar-refractivity contribution in [2.45, 2.75) is 13.0 Å². The fourth-order valence-corrected chi connectivity index (χ4v) is 1.12. The summed E-state index contributed by atoms with van der Waals surface area (Å²) in [6, 6.07) is 1.25. The zero-order chi connectivity index (χ0) is 10.7. The van der Waals surface area contributed by atoms with Crippen LogP contribution in [0.25, 0.3) is 0 Å². The highest BCUT2D eigenvalue weighted by molar-refractivity contribution is 5.52. The Morgan fingerprint density at radius 2 is 2.21 bits per heavy atom. The molecule has 0 atom stereocenters. The van der Waals surface area contributed by atoms with Gasteiger partial charge < -0.3 is 16.2 Å². The molecule has 1 aromatic heterocycles. The Kier molecular flexibility index (Phi) is 3.19. The maximum atomic E-state index is 12.5. The van der Waals surface area contributed by atoms with Gasteiger partial charge in [0.15, 0.2) is 0 Å². The van der Waals surface area contributed by atoms with Crippen LogP contribution in [0, 0.1) is 0 Å². The average Bonchev–Trinajstić information content (AvgIpc) is 2.15. The highest BCUT2D eigenvalue weighted by Crippen LogP contribution is 2.29. The van der Waals surface area contributed by atoms with Gasteiger partial charge in [0.1, 0.15) is 0 Å². The third-order valence-corrected chi connectivity index (χ3v) is 1.77. The van der Waals surface area contributed by atoms with Crippen LogP contribution in [0.1, 0.15) is 17.7 Å². The quantitative estimate of drug-likeness (QED) is 0.770. The van der Waals surface area contributed by atoms with Gasteiger partial charge in [0.05, 0.1) is 18.4 Å². The maximum Gasteiger partial charge on any atom is 0.267 e. The Morgan fingerprint density at radius 1 is 1.57 bits per heavy atom. The fraction of sp³-hybridized carbons (Fsp3) is 0.375. The van der Waals surface area contributed by atoms with E-state index in [0.717, 1.165) is 0 Å². The van der Waals surface area contributed by atoms with E-state index in [9.17, 15) is 8.78 Å². The lowest BCUT2D eigenvalue weighted by Gasteiger charge is -2.10. The SMILES string of the molecule is COc1cc(N)c(C(F)F)c(CN)n1. The Hall–Kier alpha value is -1.43. The van der Waals surface area contributed by atoms with E-state index in [2.05, 4.69) is 4.98 Å². The monoisotopic (exact) mass is 203 g/mol. The molecule has 1 heterocycles. The molecule has 0 amide bonds. The summed E-state index contributed by atoms with van der Waals surface area (Å²) in [6.45, 7) is -0.0962. The smallest absolute Gasteiger partial charge is 0.267 e. The van der Waals surface area contributed by atoms with Crippen LogP contribution < -0.4 is 16.2 Å². The Labute approximate surface area is 79.9 Å². The van der Waals surface area contributed by atoms with E-state index in [4.69, 9.17) is 16.2 Å². The summed E-state index contributed by atoms with van der Waals surface area (Å²) in [6.07, 6.45) is -2.67. The highest BCUT2D eigenvalue weighted by Gasteiger charge is 2.18. The lowest BCUT2D eigenvalue weighted by molar-refractivity contribution is 0.150. The lowest BCUT2D eigenvalue weighted by Crippen LogP contribution is -2.09. The number of rotatable bonds is 3. The summed E-state index contributed by atoms with van der Waals surface area (Å²) in [7, 11) is 1.38. The minimum Gasteiger partial charge on any atom is -0.481 e. The van der Waals surface area contributed by atoms with Crippen molar-refractivity contribution < 1.29 is 13.5 Å². The molecule has 0 unspecified atom stereocenters. The zero-order valence-electron chi connectivity index (χ0n) is 7.63. The molecular formula is C8H11F2N3O. The van der Waals surface area contributed by atoms with Crippen molar-refractivity contribution in [2.75, 3.05) is 12.8 Å². The molecule has 0 saturated heterocycles. The summed E-state index contributed by atoms with van der Waals surface area (Å²) >= 11 is 0. The molecule has 0 bridgehead atoms. The highest BCUT2D eigenvalue weighted by atomic mass is 19.3. The number of pyridine rings is 1.